The van der Waals surface area contributed by atoms with Crippen molar-refractivity contribution >= 4 is 0 Å². The van der Waals surface area contributed by atoms with Gasteiger partial charge in [-0.2, -0.15) is 0 Å². The Kier molecular flexibility index (Phi) is 9.54. The van der Waals surface area contributed by atoms with Gasteiger partial charge in [-0.15, -0.1) is 0 Å². The van der Waals surface area contributed by atoms with Crippen LogP contribution in [0.15, 0.2) is 0 Å². The Morgan fingerprint density at radius 3 is 1.56 bits per heavy atom. The average molecular weight is 504 g/mol. The van der Waals surface area contributed by atoms with E-state index in [1.165, 1.54) is 0 Å². The first-order valence-electron chi connectivity index (χ1n) is 10.6. The van der Waals surface area contributed by atoms with Crippen LogP contribution in [0, 0.1) is 0 Å². The van der Waals surface area contributed by atoms with Crippen LogP contribution in [-0.2, 0) is 23.7 Å². The molecule has 0 saturated carbocycles. The second-order valence-corrected chi connectivity index (χ2v) is 8.37. The van der Waals surface area contributed by atoms with Gasteiger partial charge >= 0.3 is 0 Å². The van der Waals surface area contributed by atoms with Crippen LogP contribution in [0.4, 0.5) is 0 Å². The van der Waals surface area contributed by atoms with E-state index in [1.807, 2.05) is 0 Å². The molecule has 0 amide bonds. The van der Waals surface area contributed by atoms with Crippen molar-refractivity contribution in [2.45, 2.75) is 92.1 Å². The number of ether oxygens (including phenoxy) is 5. The molecular formula is C18H32O16. The summed E-state index contributed by atoms with van der Waals surface area (Å²) in [7, 11) is 0. The quantitative estimate of drug-likeness (QED) is 0.154. The van der Waals surface area contributed by atoms with Crippen LogP contribution in [0.2, 0.25) is 0 Å². The van der Waals surface area contributed by atoms with Crippen molar-refractivity contribution < 1.29 is 79.9 Å². The fraction of sp³-hybridized carbons (Fsp3) is 1.00. The molecule has 0 aromatic carbocycles. The van der Waals surface area contributed by atoms with Crippen LogP contribution < -0.4 is 0 Å². The normalized spacial score (nSPS) is 52.5. The lowest BCUT2D eigenvalue weighted by molar-refractivity contribution is -0.367. The van der Waals surface area contributed by atoms with E-state index >= 15 is 0 Å². The molecule has 0 aliphatic carbocycles. The molecule has 3 fully saturated rings. The summed E-state index contributed by atoms with van der Waals surface area (Å²) in [5.41, 5.74) is 0. The molecule has 0 spiro atoms. The van der Waals surface area contributed by atoms with Gasteiger partial charge in [-0.1, -0.05) is 0 Å². The third-order valence-electron chi connectivity index (χ3n) is 6.08. The molecule has 3 aliphatic heterocycles. The smallest absolute Gasteiger partial charge is 0.187 e. The van der Waals surface area contributed by atoms with Crippen LogP contribution in [0.25, 0.3) is 0 Å². The highest BCUT2D eigenvalue weighted by Crippen LogP contribution is 2.29. The topological polar surface area (TPSA) is 269 Å². The second-order valence-electron chi connectivity index (χ2n) is 8.37. The van der Waals surface area contributed by atoms with Gasteiger partial charge in [-0.3, -0.25) is 0 Å². The lowest BCUT2D eigenvalue weighted by Crippen LogP contribution is -2.64. The number of hydrogen-bond acceptors (Lipinski definition) is 16. The highest BCUT2D eigenvalue weighted by molar-refractivity contribution is 4.94. The molecule has 3 rings (SSSR count). The molecule has 200 valence electrons. The van der Waals surface area contributed by atoms with E-state index in [9.17, 15) is 51.1 Å². The lowest BCUT2D eigenvalue weighted by Gasteiger charge is -2.45. The zero-order valence-electron chi connectivity index (χ0n) is 17.7. The maximum atomic E-state index is 10.2. The van der Waals surface area contributed by atoms with E-state index < -0.39 is 112 Å². The number of aliphatic hydroxyl groups excluding tert-OH is 11. The summed E-state index contributed by atoms with van der Waals surface area (Å²) in [5.74, 6) is 0. The summed E-state index contributed by atoms with van der Waals surface area (Å²) in [6, 6.07) is 0. The summed E-state index contributed by atoms with van der Waals surface area (Å²) < 4.78 is 26.1. The number of rotatable bonds is 7. The molecule has 3 heterocycles. The first-order chi connectivity index (χ1) is 16.0. The summed E-state index contributed by atoms with van der Waals surface area (Å²) in [4.78, 5) is 0. The zero-order valence-corrected chi connectivity index (χ0v) is 17.7. The van der Waals surface area contributed by atoms with Gasteiger partial charge in [-0.25, -0.2) is 0 Å². The van der Waals surface area contributed by atoms with E-state index in [4.69, 9.17) is 28.8 Å². The first kappa shape index (κ1) is 27.9. The molecule has 0 radical (unpaired) electrons. The van der Waals surface area contributed by atoms with Crippen molar-refractivity contribution in [1.82, 2.24) is 0 Å². The van der Waals surface area contributed by atoms with Gasteiger partial charge in [0.1, 0.15) is 73.2 Å². The lowest BCUT2D eigenvalue weighted by atomic mass is 9.97. The maximum Gasteiger partial charge on any atom is 0.187 e. The van der Waals surface area contributed by atoms with Gasteiger partial charge in [0.25, 0.3) is 0 Å². The van der Waals surface area contributed by atoms with Crippen molar-refractivity contribution in [3.05, 3.63) is 0 Å². The van der Waals surface area contributed by atoms with Crippen LogP contribution in [-0.4, -0.2) is 168 Å². The largest absolute Gasteiger partial charge is 0.394 e. The standard InChI is InChI=1S/C18H32O16/c19-1-4-8(22)12(26)15(16(29)31-4)34-18-14(28)11(25)9(23)6(33-18)3-30-17-13(27)10(24)7(21)5(2-20)32-17/h4-29H,1-3H2/t4-,5-,6-,7-,8-,9+,10+,11+,12+,13-,14-,15-,16+,17+,18-/m1/s1. The van der Waals surface area contributed by atoms with Gasteiger partial charge in [-0.05, 0) is 0 Å². The molecule has 3 aliphatic rings. The van der Waals surface area contributed by atoms with Gasteiger partial charge < -0.3 is 79.9 Å². The zero-order chi connectivity index (χ0) is 25.3. The van der Waals surface area contributed by atoms with Crippen LogP contribution in [0.1, 0.15) is 0 Å². The van der Waals surface area contributed by atoms with E-state index in [2.05, 4.69) is 0 Å². The van der Waals surface area contributed by atoms with Crippen LogP contribution in [0.5, 0.6) is 0 Å². The van der Waals surface area contributed by atoms with E-state index in [1.54, 1.807) is 0 Å². The van der Waals surface area contributed by atoms with E-state index in [0.29, 0.717) is 0 Å². The van der Waals surface area contributed by atoms with Crippen LogP contribution >= 0.6 is 0 Å². The summed E-state index contributed by atoms with van der Waals surface area (Å²) in [6.45, 7) is -2.03. The molecule has 3 saturated heterocycles. The second kappa shape index (κ2) is 11.6. The molecule has 0 aromatic rings. The molecule has 16 nitrogen and oxygen atoms in total. The third kappa shape index (κ3) is 5.52. The van der Waals surface area contributed by atoms with Gasteiger partial charge in [0, 0.05) is 0 Å². The maximum absolute atomic E-state index is 10.2. The van der Waals surface area contributed by atoms with Crippen LogP contribution in [0.3, 0.4) is 0 Å². The Morgan fingerprint density at radius 1 is 0.500 bits per heavy atom. The van der Waals surface area contributed by atoms with Crippen molar-refractivity contribution in [1.29, 1.82) is 0 Å². The molecule has 0 unspecified atom stereocenters. The van der Waals surface area contributed by atoms with Crippen molar-refractivity contribution in [3.8, 4) is 0 Å². The average Bonchev–Trinajstić information content (AvgIpc) is 2.82. The molecule has 0 bridgehead atoms. The van der Waals surface area contributed by atoms with Crippen molar-refractivity contribution in [2.75, 3.05) is 19.8 Å². The molecule has 15 atom stereocenters. The Balaban J connectivity index is 1.64. The minimum atomic E-state index is -1.88. The highest BCUT2D eigenvalue weighted by atomic mass is 16.7. The van der Waals surface area contributed by atoms with E-state index in [0.717, 1.165) is 0 Å². The van der Waals surface area contributed by atoms with Gasteiger partial charge in [0.2, 0.25) is 0 Å². The first-order valence-corrected chi connectivity index (χ1v) is 10.6. The molecule has 0 aromatic heterocycles. The third-order valence-corrected chi connectivity index (χ3v) is 6.08. The summed E-state index contributed by atoms with van der Waals surface area (Å²) in [5, 5.41) is 109. The number of aliphatic hydroxyl groups is 11. The molecule has 34 heavy (non-hydrogen) atoms. The SMILES string of the molecule is OC[C@H]1O[C@H](OC[C@H]2O[C@H](O[C@@H]3[C@@H](O)[C@H](O)[C@@H](CO)O[C@@H]3O)[C@H](O)[C@@H](O)[C@H]2O)[C@H](O)[C@@H](O)[C@@H]1O. The van der Waals surface area contributed by atoms with Crippen molar-refractivity contribution in [2.24, 2.45) is 0 Å². The molecular weight excluding hydrogens is 472 g/mol. The Bertz CT molecular complexity index is 639. The fourth-order valence-electron chi connectivity index (χ4n) is 3.94. The Labute approximate surface area is 192 Å². The van der Waals surface area contributed by atoms with Crippen molar-refractivity contribution in [3.63, 3.8) is 0 Å². The fourth-order valence-corrected chi connectivity index (χ4v) is 3.94. The Morgan fingerprint density at radius 2 is 0.971 bits per heavy atom. The van der Waals surface area contributed by atoms with Gasteiger partial charge in [0.05, 0.1) is 19.8 Å². The summed E-state index contributed by atoms with van der Waals surface area (Å²) in [6.07, 6.45) is -25.0. The Hall–Kier alpha value is -0.640. The van der Waals surface area contributed by atoms with Gasteiger partial charge in [0.15, 0.2) is 18.9 Å². The summed E-state index contributed by atoms with van der Waals surface area (Å²) >= 11 is 0. The predicted octanol–water partition coefficient (Wildman–Crippen LogP) is -7.57. The minimum Gasteiger partial charge on any atom is -0.394 e. The van der Waals surface area contributed by atoms with E-state index in [-0.39, 0.29) is 0 Å². The molecule has 11 N–H and O–H groups in total. The predicted molar refractivity (Wildman–Crippen MR) is 101 cm³/mol. The molecule has 16 heteroatoms. The highest BCUT2D eigenvalue weighted by Gasteiger charge is 2.51. The minimum absolute atomic E-state index is 0.616. The number of hydrogen-bond donors (Lipinski definition) is 11. The monoisotopic (exact) mass is 504 g/mol.